The van der Waals surface area contributed by atoms with Crippen molar-refractivity contribution in [3.05, 3.63) is 0 Å². The molecule has 0 radical (unpaired) electrons. The Kier molecular flexibility index (Phi) is 6.60. The molecule has 5 heteroatoms. The van der Waals surface area contributed by atoms with E-state index in [1.54, 1.807) is 7.11 Å². The van der Waals surface area contributed by atoms with Gasteiger partial charge < -0.3 is 14.4 Å². The Morgan fingerprint density at radius 2 is 2.17 bits per heavy atom. The molecule has 0 aromatic heterocycles. The Hall–Kier alpha value is -0.650. The van der Waals surface area contributed by atoms with Gasteiger partial charge in [0.25, 0.3) is 0 Å². The van der Waals surface area contributed by atoms with Crippen LogP contribution in [0.1, 0.15) is 26.2 Å². The molecule has 0 aliphatic carbocycles. The van der Waals surface area contributed by atoms with Gasteiger partial charge in [0.15, 0.2) is 0 Å². The van der Waals surface area contributed by atoms with E-state index in [0.29, 0.717) is 19.8 Å². The maximum atomic E-state index is 12.2. The number of ether oxygens (including phenoxy) is 2. The van der Waals surface area contributed by atoms with Crippen molar-refractivity contribution in [1.82, 2.24) is 10.2 Å². The minimum absolute atomic E-state index is 0.114. The summed E-state index contributed by atoms with van der Waals surface area (Å²) in [6, 6.07) is 0. The van der Waals surface area contributed by atoms with Crippen molar-refractivity contribution in [2.75, 3.05) is 47.0 Å². The second-order valence-electron chi connectivity index (χ2n) is 4.88. The fraction of sp³-hybridized carbons (Fsp3) is 0.923. The highest BCUT2D eigenvalue weighted by Gasteiger charge is 2.40. The van der Waals surface area contributed by atoms with E-state index in [4.69, 9.17) is 9.47 Å². The van der Waals surface area contributed by atoms with Crippen molar-refractivity contribution < 1.29 is 14.3 Å². The summed E-state index contributed by atoms with van der Waals surface area (Å²) in [5.74, 6) is -0.114. The maximum Gasteiger partial charge on any atom is 0.326 e. The normalized spacial score (nSPS) is 25.7. The van der Waals surface area contributed by atoms with E-state index < -0.39 is 5.54 Å². The number of rotatable bonds is 6. The summed E-state index contributed by atoms with van der Waals surface area (Å²) in [6.07, 6.45) is 2.64. The van der Waals surface area contributed by atoms with Gasteiger partial charge in [-0.05, 0) is 39.8 Å². The Balaban J connectivity index is 2.68. The fourth-order valence-electron chi connectivity index (χ4n) is 2.38. The smallest absolute Gasteiger partial charge is 0.326 e. The molecule has 0 amide bonds. The van der Waals surface area contributed by atoms with Crippen molar-refractivity contribution in [2.45, 2.75) is 31.7 Å². The Morgan fingerprint density at radius 1 is 1.39 bits per heavy atom. The summed E-state index contributed by atoms with van der Waals surface area (Å²) >= 11 is 0. The predicted molar refractivity (Wildman–Crippen MR) is 70.6 cm³/mol. The number of esters is 1. The molecule has 106 valence electrons. The lowest BCUT2D eigenvalue weighted by atomic mass is 9.90. The average molecular weight is 258 g/mol. The zero-order valence-electron chi connectivity index (χ0n) is 11.8. The van der Waals surface area contributed by atoms with E-state index in [1.165, 1.54) is 0 Å². The molecule has 1 unspecified atom stereocenters. The maximum absolute atomic E-state index is 12.2. The third-order valence-electron chi connectivity index (χ3n) is 3.50. The lowest BCUT2D eigenvalue weighted by Crippen LogP contribution is -2.54. The molecule has 0 saturated carbocycles. The highest BCUT2D eigenvalue weighted by Crippen LogP contribution is 2.23. The van der Waals surface area contributed by atoms with Crippen LogP contribution in [0.5, 0.6) is 0 Å². The van der Waals surface area contributed by atoms with Gasteiger partial charge in [-0.2, -0.15) is 0 Å². The van der Waals surface area contributed by atoms with Gasteiger partial charge in [-0.25, -0.2) is 0 Å². The van der Waals surface area contributed by atoms with E-state index in [0.717, 1.165) is 32.4 Å². The van der Waals surface area contributed by atoms with Gasteiger partial charge in [0.2, 0.25) is 0 Å². The topological polar surface area (TPSA) is 50.8 Å². The largest absolute Gasteiger partial charge is 0.465 e. The van der Waals surface area contributed by atoms with Crippen LogP contribution in [0.15, 0.2) is 0 Å². The Labute approximate surface area is 110 Å². The van der Waals surface area contributed by atoms with Gasteiger partial charge in [-0.15, -0.1) is 0 Å². The molecule has 1 saturated heterocycles. The van der Waals surface area contributed by atoms with Crippen molar-refractivity contribution in [3.63, 3.8) is 0 Å². The van der Waals surface area contributed by atoms with Crippen LogP contribution in [0.4, 0.5) is 0 Å². The van der Waals surface area contributed by atoms with Crippen LogP contribution in [-0.4, -0.2) is 63.4 Å². The number of likely N-dealkylation sites (tertiary alicyclic amines) is 1. The predicted octanol–water partition coefficient (Wildman–Crippen LogP) is 0.640. The molecule has 5 nitrogen and oxygen atoms in total. The summed E-state index contributed by atoms with van der Waals surface area (Å²) < 4.78 is 10.3. The number of carbonyl (C=O) groups is 1. The lowest BCUT2D eigenvalue weighted by molar-refractivity contribution is -0.152. The first-order valence-corrected chi connectivity index (χ1v) is 6.74. The first kappa shape index (κ1) is 15.4. The van der Waals surface area contributed by atoms with Gasteiger partial charge >= 0.3 is 5.97 Å². The zero-order valence-corrected chi connectivity index (χ0v) is 11.8. The molecule has 0 aromatic carbocycles. The number of nitrogens with one attached hydrogen (secondary N) is 1. The fourth-order valence-corrected chi connectivity index (χ4v) is 2.38. The van der Waals surface area contributed by atoms with Crippen LogP contribution in [0.25, 0.3) is 0 Å². The van der Waals surface area contributed by atoms with E-state index in [9.17, 15) is 4.79 Å². The van der Waals surface area contributed by atoms with Gasteiger partial charge in [-0.1, -0.05) is 0 Å². The summed E-state index contributed by atoms with van der Waals surface area (Å²) in [7, 11) is 3.76. The number of methoxy groups -OCH3 is 1. The SMILES string of the molecule is CCOC(=O)C1(NCCOC)CCCN(C)CC1. The second kappa shape index (κ2) is 7.71. The molecule has 1 heterocycles. The molecule has 1 fully saturated rings. The number of carbonyl (C=O) groups excluding carboxylic acids is 1. The minimum atomic E-state index is -0.528. The highest BCUT2D eigenvalue weighted by atomic mass is 16.5. The average Bonchev–Trinajstić information content (AvgIpc) is 2.53. The molecule has 1 aliphatic rings. The van der Waals surface area contributed by atoms with Gasteiger partial charge in [-0.3, -0.25) is 10.1 Å². The molecule has 1 aliphatic heterocycles. The summed E-state index contributed by atoms with van der Waals surface area (Å²) in [6.45, 7) is 5.52. The van der Waals surface area contributed by atoms with E-state index in [1.807, 2.05) is 6.92 Å². The summed E-state index contributed by atoms with van der Waals surface area (Å²) in [5, 5.41) is 3.35. The molecular weight excluding hydrogens is 232 g/mol. The van der Waals surface area contributed by atoms with Crippen LogP contribution < -0.4 is 5.32 Å². The van der Waals surface area contributed by atoms with E-state index in [2.05, 4.69) is 17.3 Å². The first-order valence-electron chi connectivity index (χ1n) is 6.74. The Bertz CT molecular complexity index is 261. The molecule has 0 spiro atoms. The highest BCUT2D eigenvalue weighted by molar-refractivity contribution is 5.81. The van der Waals surface area contributed by atoms with E-state index >= 15 is 0 Å². The Morgan fingerprint density at radius 3 is 2.83 bits per heavy atom. The summed E-state index contributed by atoms with van der Waals surface area (Å²) in [4.78, 5) is 14.5. The number of hydrogen-bond acceptors (Lipinski definition) is 5. The molecule has 1 rings (SSSR count). The van der Waals surface area contributed by atoms with Gasteiger partial charge in [0.05, 0.1) is 13.2 Å². The van der Waals surface area contributed by atoms with E-state index in [-0.39, 0.29) is 5.97 Å². The van der Waals surface area contributed by atoms with Crippen molar-refractivity contribution in [2.24, 2.45) is 0 Å². The summed E-state index contributed by atoms with van der Waals surface area (Å²) in [5.41, 5.74) is -0.528. The van der Waals surface area contributed by atoms with Crippen molar-refractivity contribution in [3.8, 4) is 0 Å². The van der Waals surface area contributed by atoms with Crippen LogP contribution in [0.3, 0.4) is 0 Å². The van der Waals surface area contributed by atoms with Crippen LogP contribution >= 0.6 is 0 Å². The van der Waals surface area contributed by atoms with Crippen molar-refractivity contribution in [1.29, 1.82) is 0 Å². The monoisotopic (exact) mass is 258 g/mol. The van der Waals surface area contributed by atoms with Gasteiger partial charge in [0.1, 0.15) is 5.54 Å². The minimum Gasteiger partial charge on any atom is -0.465 e. The zero-order chi connectivity index (χ0) is 13.4. The number of hydrogen-bond donors (Lipinski definition) is 1. The third-order valence-corrected chi connectivity index (χ3v) is 3.50. The van der Waals surface area contributed by atoms with Crippen molar-refractivity contribution >= 4 is 5.97 Å². The molecule has 1 atom stereocenters. The molecule has 18 heavy (non-hydrogen) atoms. The lowest BCUT2D eigenvalue weighted by Gasteiger charge is -2.31. The molecular formula is C13H26N2O3. The van der Waals surface area contributed by atoms with Crippen LogP contribution in [-0.2, 0) is 14.3 Å². The molecule has 1 N–H and O–H groups in total. The third kappa shape index (κ3) is 4.23. The van der Waals surface area contributed by atoms with Crippen LogP contribution in [0.2, 0.25) is 0 Å². The number of nitrogens with zero attached hydrogens (tertiary/aromatic N) is 1. The standard InChI is InChI=1S/C13H26N2O3/c1-4-18-12(16)13(14-8-11-17-3)6-5-9-15(2)10-7-13/h14H,4-11H2,1-3H3. The van der Waals surface area contributed by atoms with Gasteiger partial charge in [0, 0.05) is 20.2 Å². The van der Waals surface area contributed by atoms with Crippen LogP contribution in [0, 0.1) is 0 Å². The molecule has 0 bridgehead atoms. The second-order valence-corrected chi connectivity index (χ2v) is 4.88. The molecule has 0 aromatic rings. The first-order chi connectivity index (χ1) is 8.64. The quantitative estimate of drug-likeness (QED) is 0.560.